The number of hydrogen-bond acceptors (Lipinski definition) is 2. The third kappa shape index (κ3) is 2.81. The second kappa shape index (κ2) is 4.52. The Kier molecular flexibility index (Phi) is 3.72. The van der Waals surface area contributed by atoms with E-state index < -0.39 is 27.5 Å². The molecule has 1 rings (SSSR count). The van der Waals surface area contributed by atoms with Gasteiger partial charge in [-0.1, -0.05) is 11.6 Å². The van der Waals surface area contributed by atoms with Crippen molar-refractivity contribution >= 4 is 27.5 Å². The molecule has 16 heavy (non-hydrogen) atoms. The average molecular weight is 271 g/mol. The Morgan fingerprint density at radius 1 is 1.31 bits per heavy atom. The van der Waals surface area contributed by atoms with E-state index in [1.54, 1.807) is 0 Å². The van der Waals surface area contributed by atoms with E-state index in [1.165, 1.54) is 14.1 Å². The van der Waals surface area contributed by atoms with Crippen LogP contribution in [-0.4, -0.2) is 26.8 Å². The van der Waals surface area contributed by atoms with Crippen LogP contribution in [0.15, 0.2) is 12.1 Å². The van der Waals surface area contributed by atoms with Gasteiger partial charge in [0.15, 0.2) is 5.82 Å². The number of hydrogen-bond donors (Lipinski definition) is 1. The Bertz CT molecular complexity index is 482. The molecule has 4 nitrogen and oxygen atoms in total. The standard InChI is InChI=1S/C8H9ClF2N2O2S/c1-13(2)16(14,15)12-8-6(9)3-5(10)4-7(8)11/h3-4,12H,1-2H3. The van der Waals surface area contributed by atoms with Gasteiger partial charge < -0.3 is 0 Å². The largest absolute Gasteiger partial charge is 0.301 e. The molecule has 0 radical (unpaired) electrons. The molecule has 0 amide bonds. The van der Waals surface area contributed by atoms with Crippen LogP contribution in [-0.2, 0) is 10.2 Å². The third-order valence-corrected chi connectivity index (χ3v) is 3.44. The molecule has 1 N–H and O–H groups in total. The molecular weight excluding hydrogens is 262 g/mol. The van der Waals surface area contributed by atoms with Gasteiger partial charge in [0.1, 0.15) is 11.5 Å². The van der Waals surface area contributed by atoms with Crippen molar-refractivity contribution < 1.29 is 17.2 Å². The molecule has 0 aromatic heterocycles. The molecule has 0 unspecified atom stereocenters. The maximum atomic E-state index is 13.2. The third-order valence-electron chi connectivity index (χ3n) is 1.72. The summed E-state index contributed by atoms with van der Waals surface area (Å²) in [6, 6.07) is 1.36. The summed E-state index contributed by atoms with van der Waals surface area (Å²) in [6.45, 7) is 0. The van der Waals surface area contributed by atoms with Gasteiger partial charge in [-0.3, -0.25) is 4.72 Å². The van der Waals surface area contributed by atoms with Crippen molar-refractivity contribution in [1.29, 1.82) is 0 Å². The quantitative estimate of drug-likeness (QED) is 0.911. The maximum absolute atomic E-state index is 13.2. The first-order valence-electron chi connectivity index (χ1n) is 4.09. The lowest BCUT2D eigenvalue weighted by atomic mass is 10.3. The first kappa shape index (κ1) is 13.1. The van der Waals surface area contributed by atoms with Crippen LogP contribution in [0, 0.1) is 11.6 Å². The lowest BCUT2D eigenvalue weighted by Gasteiger charge is -2.14. The Labute approximate surface area is 97.0 Å². The normalized spacial score (nSPS) is 11.9. The molecule has 0 saturated carbocycles. The van der Waals surface area contributed by atoms with Crippen molar-refractivity contribution in [2.75, 3.05) is 18.8 Å². The molecule has 0 heterocycles. The van der Waals surface area contributed by atoms with Gasteiger partial charge in [0.05, 0.1) is 5.02 Å². The lowest BCUT2D eigenvalue weighted by Crippen LogP contribution is -2.29. The molecule has 0 aliphatic carbocycles. The Morgan fingerprint density at radius 2 is 1.88 bits per heavy atom. The van der Waals surface area contributed by atoms with Crippen molar-refractivity contribution in [3.05, 3.63) is 28.8 Å². The van der Waals surface area contributed by atoms with E-state index in [9.17, 15) is 17.2 Å². The molecule has 0 bridgehead atoms. The van der Waals surface area contributed by atoms with Gasteiger partial charge >= 0.3 is 10.2 Å². The van der Waals surface area contributed by atoms with Crippen molar-refractivity contribution in [3.63, 3.8) is 0 Å². The maximum Gasteiger partial charge on any atom is 0.301 e. The van der Waals surface area contributed by atoms with Crippen LogP contribution in [0.4, 0.5) is 14.5 Å². The van der Waals surface area contributed by atoms with Crippen LogP contribution in [0.3, 0.4) is 0 Å². The van der Waals surface area contributed by atoms with Gasteiger partial charge in [-0.15, -0.1) is 0 Å². The second-order valence-corrected chi connectivity index (χ2v) is 5.43. The molecule has 1 aromatic carbocycles. The van der Waals surface area contributed by atoms with E-state index >= 15 is 0 Å². The number of rotatable bonds is 3. The summed E-state index contributed by atoms with van der Waals surface area (Å²) in [5.74, 6) is -1.95. The van der Waals surface area contributed by atoms with Crippen LogP contribution in [0.5, 0.6) is 0 Å². The molecule has 0 saturated heterocycles. The highest BCUT2D eigenvalue weighted by atomic mass is 35.5. The molecule has 0 aliphatic rings. The molecule has 8 heteroatoms. The minimum absolute atomic E-state index is 0.345. The fraction of sp³-hybridized carbons (Fsp3) is 0.250. The van der Waals surface area contributed by atoms with Gasteiger partial charge in [-0.2, -0.15) is 12.7 Å². The predicted octanol–water partition coefficient (Wildman–Crippen LogP) is 1.84. The van der Waals surface area contributed by atoms with Crippen LogP contribution < -0.4 is 4.72 Å². The van der Waals surface area contributed by atoms with Crippen molar-refractivity contribution in [2.45, 2.75) is 0 Å². The van der Waals surface area contributed by atoms with E-state index in [0.717, 1.165) is 10.4 Å². The molecule has 90 valence electrons. The molecule has 0 atom stereocenters. The highest BCUT2D eigenvalue weighted by Gasteiger charge is 2.18. The summed E-state index contributed by atoms with van der Waals surface area (Å²) in [7, 11) is -1.35. The van der Waals surface area contributed by atoms with E-state index in [2.05, 4.69) is 0 Å². The lowest BCUT2D eigenvalue weighted by molar-refractivity contribution is 0.525. The van der Waals surface area contributed by atoms with Crippen LogP contribution in [0.2, 0.25) is 5.02 Å². The van der Waals surface area contributed by atoms with Crippen LogP contribution in [0.25, 0.3) is 0 Å². The Balaban J connectivity index is 3.17. The van der Waals surface area contributed by atoms with E-state index in [1.807, 2.05) is 4.72 Å². The average Bonchev–Trinajstić information content (AvgIpc) is 2.11. The molecule has 0 fully saturated rings. The fourth-order valence-electron chi connectivity index (χ4n) is 0.860. The highest BCUT2D eigenvalue weighted by Crippen LogP contribution is 2.27. The molecule has 1 aromatic rings. The fourth-order valence-corrected chi connectivity index (χ4v) is 1.81. The predicted molar refractivity (Wildman–Crippen MR) is 57.6 cm³/mol. The van der Waals surface area contributed by atoms with Crippen LogP contribution >= 0.6 is 11.6 Å². The van der Waals surface area contributed by atoms with Gasteiger partial charge in [0, 0.05) is 20.2 Å². The first-order chi connectivity index (χ1) is 7.24. The van der Waals surface area contributed by atoms with Gasteiger partial charge in [-0.05, 0) is 6.07 Å². The Hall–Kier alpha value is -0.920. The summed E-state index contributed by atoms with van der Waals surface area (Å²) >= 11 is 5.52. The highest BCUT2D eigenvalue weighted by molar-refractivity contribution is 7.90. The topological polar surface area (TPSA) is 49.4 Å². The van der Waals surface area contributed by atoms with E-state index in [-0.39, 0.29) is 5.02 Å². The van der Waals surface area contributed by atoms with E-state index in [4.69, 9.17) is 11.6 Å². The van der Waals surface area contributed by atoms with Crippen molar-refractivity contribution in [3.8, 4) is 0 Å². The zero-order valence-electron chi connectivity index (χ0n) is 8.46. The summed E-state index contributed by atoms with van der Waals surface area (Å²) < 4.78 is 51.4. The number of halogens is 3. The van der Waals surface area contributed by atoms with Gasteiger partial charge in [0.25, 0.3) is 0 Å². The monoisotopic (exact) mass is 270 g/mol. The minimum atomic E-state index is -3.87. The number of benzene rings is 1. The minimum Gasteiger partial charge on any atom is -0.266 e. The number of anilines is 1. The van der Waals surface area contributed by atoms with Crippen molar-refractivity contribution in [2.24, 2.45) is 0 Å². The second-order valence-electron chi connectivity index (χ2n) is 3.13. The summed E-state index contributed by atoms with van der Waals surface area (Å²) in [5.41, 5.74) is -0.475. The molecule has 0 spiro atoms. The Morgan fingerprint density at radius 3 is 2.31 bits per heavy atom. The first-order valence-corrected chi connectivity index (χ1v) is 5.90. The zero-order chi connectivity index (χ0) is 12.5. The summed E-state index contributed by atoms with van der Waals surface area (Å²) in [5, 5.41) is -0.345. The van der Waals surface area contributed by atoms with Crippen molar-refractivity contribution in [1.82, 2.24) is 4.31 Å². The number of nitrogens with zero attached hydrogens (tertiary/aromatic N) is 1. The molecular formula is C8H9ClF2N2O2S. The van der Waals surface area contributed by atoms with Crippen LogP contribution in [0.1, 0.15) is 0 Å². The smallest absolute Gasteiger partial charge is 0.266 e. The zero-order valence-corrected chi connectivity index (χ0v) is 10.0. The van der Waals surface area contributed by atoms with Gasteiger partial charge in [-0.25, -0.2) is 8.78 Å². The van der Waals surface area contributed by atoms with E-state index in [0.29, 0.717) is 6.07 Å². The number of nitrogens with one attached hydrogen (secondary N) is 1. The molecule has 0 aliphatic heterocycles. The summed E-state index contributed by atoms with van der Waals surface area (Å²) in [4.78, 5) is 0. The summed E-state index contributed by atoms with van der Waals surface area (Å²) in [6.07, 6.45) is 0. The van der Waals surface area contributed by atoms with Gasteiger partial charge in [0.2, 0.25) is 0 Å². The SMILES string of the molecule is CN(C)S(=O)(=O)Nc1c(F)cc(F)cc1Cl.